The second kappa shape index (κ2) is 7.82. The van der Waals surface area contributed by atoms with E-state index in [1.807, 2.05) is 6.92 Å². The molecule has 1 saturated heterocycles. The number of benzene rings is 1. The topological polar surface area (TPSA) is 26.7 Å². The van der Waals surface area contributed by atoms with Crippen LogP contribution < -0.4 is 0 Å². The van der Waals surface area contributed by atoms with E-state index in [1.54, 1.807) is 6.07 Å². The zero-order chi connectivity index (χ0) is 15.2. The van der Waals surface area contributed by atoms with Crippen molar-refractivity contribution in [3.8, 4) is 0 Å². The van der Waals surface area contributed by atoms with E-state index in [2.05, 4.69) is 9.80 Å². The van der Waals surface area contributed by atoms with Gasteiger partial charge in [-0.3, -0.25) is 4.90 Å². The Balaban J connectivity index is 1.99. The van der Waals surface area contributed by atoms with E-state index < -0.39 is 11.6 Å². The Hall–Kier alpha value is -1.04. The highest BCUT2D eigenvalue weighted by atomic mass is 19.1. The molecule has 0 aliphatic carbocycles. The van der Waals surface area contributed by atoms with Gasteiger partial charge in [0.25, 0.3) is 0 Å². The minimum Gasteiger partial charge on any atom is -0.396 e. The fourth-order valence-electron chi connectivity index (χ4n) is 3.04. The van der Waals surface area contributed by atoms with Crippen molar-refractivity contribution in [3.63, 3.8) is 0 Å². The molecular weight excluding hydrogens is 274 g/mol. The van der Waals surface area contributed by atoms with Crippen LogP contribution in [0.3, 0.4) is 0 Å². The molecule has 1 aliphatic heterocycles. The number of piperazine rings is 1. The smallest absolute Gasteiger partial charge is 0.130 e. The molecule has 2 rings (SSSR count). The van der Waals surface area contributed by atoms with Crippen LogP contribution in [0.5, 0.6) is 0 Å². The third-order valence-electron chi connectivity index (χ3n) is 4.19. The molecule has 1 atom stereocenters. The van der Waals surface area contributed by atoms with Gasteiger partial charge in [0.05, 0.1) is 0 Å². The van der Waals surface area contributed by atoms with Gasteiger partial charge in [0, 0.05) is 57.0 Å². The van der Waals surface area contributed by atoms with Gasteiger partial charge in [-0.2, -0.15) is 0 Å². The van der Waals surface area contributed by atoms with Gasteiger partial charge in [0.1, 0.15) is 11.6 Å². The maximum atomic E-state index is 14.0. The Kier molecular flexibility index (Phi) is 6.08. The average Bonchev–Trinajstić information content (AvgIpc) is 2.49. The van der Waals surface area contributed by atoms with Gasteiger partial charge in [0.2, 0.25) is 0 Å². The van der Waals surface area contributed by atoms with Crippen molar-refractivity contribution in [2.24, 2.45) is 0 Å². The Morgan fingerprint density at radius 2 is 1.90 bits per heavy atom. The lowest BCUT2D eigenvalue weighted by Gasteiger charge is -2.39. The highest BCUT2D eigenvalue weighted by Gasteiger charge is 2.25. The summed E-state index contributed by atoms with van der Waals surface area (Å²) in [6, 6.07) is 3.87. The van der Waals surface area contributed by atoms with E-state index in [0.717, 1.165) is 51.6 Å². The average molecular weight is 298 g/mol. The summed E-state index contributed by atoms with van der Waals surface area (Å²) in [4.78, 5) is 4.59. The molecule has 1 unspecified atom stereocenters. The summed E-state index contributed by atoms with van der Waals surface area (Å²) in [5, 5.41) is 8.87. The molecule has 1 aromatic carbocycles. The van der Waals surface area contributed by atoms with Crippen molar-refractivity contribution >= 4 is 0 Å². The second-order valence-electron chi connectivity index (χ2n) is 5.54. The van der Waals surface area contributed by atoms with Crippen LogP contribution >= 0.6 is 0 Å². The van der Waals surface area contributed by atoms with Crippen LogP contribution in [0.1, 0.15) is 31.4 Å². The molecule has 0 aromatic heterocycles. The lowest BCUT2D eigenvalue weighted by molar-refractivity contribution is 0.0879. The quantitative estimate of drug-likeness (QED) is 0.874. The Labute approximate surface area is 125 Å². The molecule has 0 radical (unpaired) electrons. The largest absolute Gasteiger partial charge is 0.396 e. The Morgan fingerprint density at radius 3 is 2.48 bits per heavy atom. The molecule has 0 spiro atoms. The summed E-state index contributed by atoms with van der Waals surface area (Å²) in [6.45, 7) is 6.77. The molecule has 21 heavy (non-hydrogen) atoms. The highest BCUT2D eigenvalue weighted by molar-refractivity contribution is 5.22. The summed E-state index contributed by atoms with van der Waals surface area (Å²) in [6.07, 6.45) is 1.60. The summed E-state index contributed by atoms with van der Waals surface area (Å²) in [7, 11) is 0. The van der Waals surface area contributed by atoms with Crippen LogP contribution in [0.25, 0.3) is 0 Å². The fourth-order valence-corrected chi connectivity index (χ4v) is 3.04. The predicted molar refractivity (Wildman–Crippen MR) is 79.1 cm³/mol. The zero-order valence-electron chi connectivity index (χ0n) is 12.6. The van der Waals surface area contributed by atoms with Gasteiger partial charge >= 0.3 is 0 Å². The van der Waals surface area contributed by atoms with Crippen molar-refractivity contribution in [2.45, 2.75) is 25.8 Å². The lowest BCUT2D eigenvalue weighted by atomic mass is 10.0. The molecule has 1 aromatic rings. The van der Waals surface area contributed by atoms with Gasteiger partial charge < -0.3 is 10.0 Å². The first kappa shape index (κ1) is 16.3. The molecule has 3 nitrogen and oxygen atoms in total. The van der Waals surface area contributed by atoms with Crippen LogP contribution in [0.15, 0.2) is 18.2 Å². The minimum absolute atomic E-state index is 0.00518. The SMILES string of the molecule is CCC(c1ccc(F)cc1F)N1CCN(CCCO)CC1. The van der Waals surface area contributed by atoms with Gasteiger partial charge in [-0.25, -0.2) is 8.78 Å². The van der Waals surface area contributed by atoms with Crippen molar-refractivity contribution in [3.05, 3.63) is 35.4 Å². The second-order valence-corrected chi connectivity index (χ2v) is 5.54. The molecule has 118 valence electrons. The van der Waals surface area contributed by atoms with Crippen molar-refractivity contribution in [1.29, 1.82) is 0 Å². The maximum Gasteiger partial charge on any atom is 0.130 e. The number of hydrogen-bond acceptors (Lipinski definition) is 3. The van der Waals surface area contributed by atoms with Crippen LogP contribution in [-0.4, -0.2) is 54.2 Å². The van der Waals surface area contributed by atoms with E-state index in [9.17, 15) is 8.78 Å². The number of aliphatic hydroxyl groups excluding tert-OH is 1. The van der Waals surface area contributed by atoms with E-state index >= 15 is 0 Å². The van der Waals surface area contributed by atoms with E-state index in [4.69, 9.17) is 5.11 Å². The minimum atomic E-state index is -0.528. The molecule has 0 saturated carbocycles. The summed E-state index contributed by atoms with van der Waals surface area (Å²) >= 11 is 0. The first-order valence-corrected chi connectivity index (χ1v) is 7.68. The van der Waals surface area contributed by atoms with Gasteiger partial charge in [-0.1, -0.05) is 13.0 Å². The monoisotopic (exact) mass is 298 g/mol. The summed E-state index contributed by atoms with van der Waals surface area (Å²) in [5.74, 6) is -0.982. The predicted octanol–water partition coefficient (Wildman–Crippen LogP) is 2.42. The first-order valence-electron chi connectivity index (χ1n) is 7.68. The molecule has 5 heteroatoms. The zero-order valence-corrected chi connectivity index (χ0v) is 12.6. The van der Waals surface area contributed by atoms with E-state index in [0.29, 0.717) is 5.56 Å². The highest BCUT2D eigenvalue weighted by Crippen LogP contribution is 2.27. The fraction of sp³-hybridized carbons (Fsp3) is 0.625. The summed E-state index contributed by atoms with van der Waals surface area (Å²) in [5.41, 5.74) is 0.586. The van der Waals surface area contributed by atoms with Gasteiger partial charge in [0.15, 0.2) is 0 Å². The lowest BCUT2D eigenvalue weighted by Crippen LogP contribution is -2.47. The van der Waals surface area contributed by atoms with Crippen LogP contribution in [0.4, 0.5) is 8.78 Å². The number of rotatable bonds is 6. The maximum absolute atomic E-state index is 14.0. The van der Waals surface area contributed by atoms with Gasteiger partial charge in [-0.15, -0.1) is 0 Å². The number of aliphatic hydroxyl groups is 1. The molecule has 1 aliphatic rings. The number of halogens is 2. The third-order valence-corrected chi connectivity index (χ3v) is 4.19. The molecule has 0 bridgehead atoms. The normalized spacial score (nSPS) is 18.9. The molecular formula is C16H24F2N2O. The third kappa shape index (κ3) is 4.22. The number of nitrogens with zero attached hydrogens (tertiary/aromatic N) is 2. The standard InChI is InChI=1S/C16H24F2N2O/c1-2-16(14-5-4-13(17)12-15(14)18)20-9-7-19(8-10-20)6-3-11-21/h4-5,12,16,21H,2-3,6-11H2,1H3. The van der Waals surface area contributed by atoms with E-state index in [-0.39, 0.29) is 12.6 Å². The van der Waals surface area contributed by atoms with Gasteiger partial charge in [-0.05, 0) is 18.9 Å². The molecule has 1 heterocycles. The van der Waals surface area contributed by atoms with Crippen LogP contribution in [-0.2, 0) is 0 Å². The van der Waals surface area contributed by atoms with Crippen LogP contribution in [0.2, 0.25) is 0 Å². The molecule has 1 fully saturated rings. The molecule has 1 N–H and O–H groups in total. The van der Waals surface area contributed by atoms with Crippen molar-refractivity contribution in [2.75, 3.05) is 39.3 Å². The van der Waals surface area contributed by atoms with Crippen LogP contribution in [0, 0.1) is 11.6 Å². The Bertz CT molecular complexity index is 448. The summed E-state index contributed by atoms with van der Waals surface area (Å²) < 4.78 is 27.0. The number of hydrogen-bond donors (Lipinski definition) is 1. The van der Waals surface area contributed by atoms with Crippen molar-refractivity contribution in [1.82, 2.24) is 9.80 Å². The van der Waals surface area contributed by atoms with Crippen molar-refractivity contribution < 1.29 is 13.9 Å². The first-order chi connectivity index (χ1) is 10.2. The van der Waals surface area contributed by atoms with E-state index in [1.165, 1.54) is 6.07 Å². The molecule has 0 amide bonds. The Morgan fingerprint density at radius 1 is 1.19 bits per heavy atom.